The number of nitriles is 1. The Hall–Kier alpha value is -1.67. The van der Waals surface area contributed by atoms with Gasteiger partial charge in [0.15, 0.2) is 0 Å². The van der Waals surface area contributed by atoms with E-state index in [1.54, 1.807) is 12.4 Å². The summed E-state index contributed by atoms with van der Waals surface area (Å²) in [6, 6.07) is 3.12. The van der Waals surface area contributed by atoms with Crippen molar-refractivity contribution >= 4 is 5.95 Å². The molecule has 0 spiro atoms. The van der Waals surface area contributed by atoms with Crippen molar-refractivity contribution in [2.24, 2.45) is 0 Å². The van der Waals surface area contributed by atoms with Gasteiger partial charge in [-0.25, -0.2) is 9.97 Å². The molecule has 3 aliphatic rings. The monoisotopic (exact) mass is 215 g/mol. The fourth-order valence-corrected chi connectivity index (χ4v) is 2.48. The average Bonchev–Trinajstić information content (AvgIpc) is 2.40. The van der Waals surface area contributed by atoms with Gasteiger partial charge in [-0.15, -0.1) is 0 Å². The van der Waals surface area contributed by atoms with Crippen LogP contribution in [0.3, 0.4) is 0 Å². The van der Waals surface area contributed by atoms with Gasteiger partial charge in [0.05, 0.1) is 18.0 Å². The minimum absolute atomic E-state index is 0.512. The average molecular weight is 215 g/mol. The Labute approximate surface area is 94.1 Å². The summed E-state index contributed by atoms with van der Waals surface area (Å²) < 4.78 is 0. The normalized spacial score (nSPS) is 27.8. The molecular formula is C11H13N5. The van der Waals surface area contributed by atoms with Crippen LogP contribution in [0.4, 0.5) is 5.95 Å². The van der Waals surface area contributed by atoms with E-state index in [9.17, 15) is 0 Å². The summed E-state index contributed by atoms with van der Waals surface area (Å²) in [5, 5.41) is 12.2. The van der Waals surface area contributed by atoms with Gasteiger partial charge < -0.3 is 10.2 Å². The maximum Gasteiger partial charge on any atom is 0.225 e. The maximum absolute atomic E-state index is 8.69. The second kappa shape index (κ2) is 3.72. The third-order valence-electron chi connectivity index (χ3n) is 3.37. The molecule has 2 atom stereocenters. The lowest BCUT2D eigenvalue weighted by Gasteiger charge is -2.45. The summed E-state index contributed by atoms with van der Waals surface area (Å²) in [5.41, 5.74) is 0.518. The Morgan fingerprint density at radius 3 is 2.69 bits per heavy atom. The summed E-state index contributed by atoms with van der Waals surface area (Å²) >= 11 is 0. The van der Waals surface area contributed by atoms with Gasteiger partial charge in [0.1, 0.15) is 6.07 Å². The van der Waals surface area contributed by atoms with Crippen LogP contribution in [0.5, 0.6) is 0 Å². The zero-order valence-corrected chi connectivity index (χ0v) is 8.93. The van der Waals surface area contributed by atoms with Crippen molar-refractivity contribution in [3.63, 3.8) is 0 Å². The highest BCUT2D eigenvalue weighted by atomic mass is 15.3. The Morgan fingerprint density at radius 1 is 1.38 bits per heavy atom. The van der Waals surface area contributed by atoms with E-state index in [1.165, 1.54) is 12.8 Å². The minimum atomic E-state index is 0.512. The van der Waals surface area contributed by atoms with Crippen molar-refractivity contribution in [2.45, 2.75) is 24.9 Å². The second-order valence-electron chi connectivity index (χ2n) is 4.37. The summed E-state index contributed by atoms with van der Waals surface area (Å²) in [6.45, 7) is 2.00. The van der Waals surface area contributed by atoms with Crippen LogP contribution in [-0.4, -0.2) is 35.1 Å². The summed E-state index contributed by atoms with van der Waals surface area (Å²) in [5.74, 6) is 0.759. The largest absolute Gasteiger partial charge is 0.335 e. The molecule has 16 heavy (non-hydrogen) atoms. The first-order valence-corrected chi connectivity index (χ1v) is 5.59. The third-order valence-corrected chi connectivity index (χ3v) is 3.37. The van der Waals surface area contributed by atoms with Crippen LogP contribution in [-0.2, 0) is 0 Å². The third kappa shape index (κ3) is 1.51. The van der Waals surface area contributed by atoms with Crippen LogP contribution in [0, 0.1) is 11.3 Å². The van der Waals surface area contributed by atoms with Gasteiger partial charge in [0.25, 0.3) is 0 Å². The lowest BCUT2D eigenvalue weighted by atomic mass is 9.93. The lowest BCUT2D eigenvalue weighted by molar-refractivity contribution is 0.287. The van der Waals surface area contributed by atoms with Crippen LogP contribution < -0.4 is 10.2 Å². The lowest BCUT2D eigenvalue weighted by Crippen LogP contribution is -2.61. The zero-order valence-electron chi connectivity index (χ0n) is 8.93. The molecule has 5 nitrogen and oxygen atoms in total. The predicted molar refractivity (Wildman–Crippen MR) is 58.9 cm³/mol. The molecule has 2 bridgehead atoms. The molecule has 1 aromatic rings. The second-order valence-corrected chi connectivity index (χ2v) is 4.37. The van der Waals surface area contributed by atoms with E-state index in [1.807, 2.05) is 6.07 Å². The van der Waals surface area contributed by atoms with Crippen LogP contribution in [0.25, 0.3) is 0 Å². The van der Waals surface area contributed by atoms with Crippen LogP contribution in [0.15, 0.2) is 12.4 Å². The van der Waals surface area contributed by atoms with E-state index in [2.05, 4.69) is 20.2 Å². The first-order valence-electron chi connectivity index (χ1n) is 5.59. The molecule has 0 aliphatic carbocycles. The smallest absolute Gasteiger partial charge is 0.225 e. The number of anilines is 1. The number of piperazine rings is 1. The molecule has 0 radical (unpaired) electrons. The first kappa shape index (κ1) is 9.55. The highest BCUT2D eigenvalue weighted by molar-refractivity contribution is 5.36. The van der Waals surface area contributed by atoms with Crippen molar-refractivity contribution in [3.8, 4) is 6.07 Å². The fourth-order valence-electron chi connectivity index (χ4n) is 2.48. The number of nitrogens with zero attached hydrogens (tertiary/aromatic N) is 4. The number of fused-ring (bicyclic) bond motifs is 3. The predicted octanol–water partition coefficient (Wildman–Crippen LogP) is 0.289. The number of rotatable bonds is 1. The van der Waals surface area contributed by atoms with Crippen LogP contribution >= 0.6 is 0 Å². The van der Waals surface area contributed by atoms with E-state index in [0.717, 1.165) is 19.0 Å². The Morgan fingerprint density at radius 2 is 2.19 bits per heavy atom. The molecular weight excluding hydrogens is 202 g/mol. The molecule has 0 saturated carbocycles. The van der Waals surface area contributed by atoms with Gasteiger partial charge in [-0.05, 0) is 12.8 Å². The summed E-state index contributed by atoms with van der Waals surface area (Å²) in [4.78, 5) is 10.8. The van der Waals surface area contributed by atoms with E-state index < -0.39 is 0 Å². The molecule has 1 aromatic heterocycles. The minimum Gasteiger partial charge on any atom is -0.335 e. The van der Waals surface area contributed by atoms with E-state index in [-0.39, 0.29) is 0 Å². The van der Waals surface area contributed by atoms with E-state index in [0.29, 0.717) is 17.6 Å². The van der Waals surface area contributed by atoms with Gasteiger partial charge in [-0.2, -0.15) is 5.26 Å². The SMILES string of the molecule is N#Cc1cnc(N2C[C@@H]3CC[C@@H]2CN3)nc1. The van der Waals surface area contributed by atoms with Crippen molar-refractivity contribution in [1.29, 1.82) is 5.26 Å². The van der Waals surface area contributed by atoms with E-state index in [4.69, 9.17) is 5.26 Å². The molecule has 0 amide bonds. The zero-order chi connectivity index (χ0) is 11.0. The number of nitrogens with one attached hydrogen (secondary N) is 1. The summed E-state index contributed by atoms with van der Waals surface area (Å²) in [6.07, 6.45) is 5.65. The number of piperidine rings is 2. The van der Waals surface area contributed by atoms with Crippen LogP contribution in [0.1, 0.15) is 18.4 Å². The van der Waals surface area contributed by atoms with E-state index >= 15 is 0 Å². The van der Waals surface area contributed by atoms with Gasteiger partial charge in [0, 0.05) is 25.2 Å². The van der Waals surface area contributed by atoms with Crippen molar-refractivity contribution in [2.75, 3.05) is 18.0 Å². The Kier molecular flexibility index (Phi) is 2.22. The highest BCUT2D eigenvalue weighted by Crippen LogP contribution is 2.25. The highest BCUT2D eigenvalue weighted by Gasteiger charge is 2.34. The number of aromatic nitrogens is 2. The van der Waals surface area contributed by atoms with Gasteiger partial charge in [0.2, 0.25) is 5.95 Å². The first-order chi connectivity index (χ1) is 7.86. The number of hydrogen-bond acceptors (Lipinski definition) is 5. The number of hydrogen-bond donors (Lipinski definition) is 1. The Balaban J connectivity index is 1.84. The van der Waals surface area contributed by atoms with Crippen molar-refractivity contribution in [1.82, 2.24) is 15.3 Å². The standard InChI is InChI=1S/C11H13N5/c12-3-8-4-14-11(15-5-8)16-7-9-1-2-10(16)6-13-9/h4-5,9-10,13H,1-2,6-7H2/t9-,10+/m0/s1. The molecule has 0 unspecified atom stereocenters. The molecule has 0 aromatic carbocycles. The molecule has 1 N–H and O–H groups in total. The summed E-state index contributed by atoms with van der Waals surface area (Å²) in [7, 11) is 0. The molecule has 5 heteroatoms. The molecule has 4 rings (SSSR count). The van der Waals surface area contributed by atoms with Gasteiger partial charge in [-0.3, -0.25) is 0 Å². The molecule has 82 valence electrons. The molecule has 4 heterocycles. The fraction of sp³-hybridized carbons (Fsp3) is 0.545. The van der Waals surface area contributed by atoms with Crippen LogP contribution in [0.2, 0.25) is 0 Å². The molecule has 3 fully saturated rings. The van der Waals surface area contributed by atoms with Crippen molar-refractivity contribution in [3.05, 3.63) is 18.0 Å². The quantitative estimate of drug-likeness (QED) is 0.729. The Bertz CT molecular complexity index is 413. The maximum atomic E-state index is 8.69. The van der Waals surface area contributed by atoms with Gasteiger partial charge >= 0.3 is 0 Å². The molecule has 3 aliphatic heterocycles. The molecule has 3 saturated heterocycles. The topological polar surface area (TPSA) is 64.8 Å². The van der Waals surface area contributed by atoms with Gasteiger partial charge in [-0.1, -0.05) is 0 Å². The van der Waals surface area contributed by atoms with Crippen molar-refractivity contribution < 1.29 is 0 Å².